The summed E-state index contributed by atoms with van der Waals surface area (Å²) in [6.07, 6.45) is 3.85. The van der Waals surface area contributed by atoms with Crippen LogP contribution in [-0.2, 0) is 11.2 Å². The second-order valence-electron chi connectivity index (χ2n) is 4.83. The molecule has 1 atom stereocenters. The summed E-state index contributed by atoms with van der Waals surface area (Å²) < 4.78 is 18.6. The number of aliphatic hydroxyl groups is 1. The molecule has 0 bridgehead atoms. The molecule has 2 rings (SSSR count). The lowest BCUT2D eigenvalue weighted by atomic mass is 9.90. The van der Waals surface area contributed by atoms with Crippen molar-refractivity contribution in [3.63, 3.8) is 0 Å². The van der Waals surface area contributed by atoms with Crippen molar-refractivity contribution in [2.24, 2.45) is 0 Å². The zero-order valence-corrected chi connectivity index (χ0v) is 10.2. The monoisotopic (exact) mass is 238 g/mol. The smallest absolute Gasteiger partial charge is 0.123 e. The number of hydrogen-bond donors (Lipinski definition) is 1. The van der Waals surface area contributed by atoms with Crippen LogP contribution < -0.4 is 0 Å². The Morgan fingerprint density at radius 3 is 2.71 bits per heavy atom. The SMILES string of the molecule is COC1(C(O)Cc2cccc(F)c2)CCCC1. The lowest BCUT2D eigenvalue weighted by molar-refractivity contribution is -0.0971. The van der Waals surface area contributed by atoms with E-state index in [0.717, 1.165) is 31.2 Å². The summed E-state index contributed by atoms with van der Waals surface area (Å²) in [6.45, 7) is 0. The van der Waals surface area contributed by atoms with Crippen molar-refractivity contribution in [2.45, 2.75) is 43.8 Å². The van der Waals surface area contributed by atoms with E-state index in [1.807, 2.05) is 6.07 Å². The van der Waals surface area contributed by atoms with E-state index in [4.69, 9.17) is 4.74 Å². The largest absolute Gasteiger partial charge is 0.390 e. The molecule has 0 aliphatic heterocycles. The van der Waals surface area contributed by atoms with Crippen LogP contribution >= 0.6 is 0 Å². The average Bonchev–Trinajstić information content (AvgIpc) is 2.78. The molecule has 17 heavy (non-hydrogen) atoms. The van der Waals surface area contributed by atoms with Crippen molar-refractivity contribution in [3.05, 3.63) is 35.6 Å². The molecule has 1 saturated carbocycles. The molecule has 94 valence electrons. The Balaban J connectivity index is 2.07. The zero-order valence-electron chi connectivity index (χ0n) is 10.2. The molecule has 1 aromatic rings. The van der Waals surface area contributed by atoms with Gasteiger partial charge in [0.05, 0.1) is 11.7 Å². The fraction of sp³-hybridized carbons (Fsp3) is 0.571. The summed E-state index contributed by atoms with van der Waals surface area (Å²) in [6, 6.07) is 6.40. The fourth-order valence-corrected chi connectivity index (χ4v) is 2.72. The fourth-order valence-electron chi connectivity index (χ4n) is 2.72. The molecule has 1 aliphatic rings. The predicted molar refractivity (Wildman–Crippen MR) is 64.3 cm³/mol. The van der Waals surface area contributed by atoms with Crippen molar-refractivity contribution < 1.29 is 14.2 Å². The van der Waals surface area contributed by atoms with Gasteiger partial charge >= 0.3 is 0 Å². The van der Waals surface area contributed by atoms with Gasteiger partial charge in [-0.3, -0.25) is 0 Å². The molecule has 1 unspecified atom stereocenters. The number of methoxy groups -OCH3 is 1. The molecule has 1 aromatic carbocycles. The molecule has 1 aliphatic carbocycles. The van der Waals surface area contributed by atoms with Gasteiger partial charge in [0.15, 0.2) is 0 Å². The number of rotatable bonds is 4. The first-order valence-corrected chi connectivity index (χ1v) is 6.14. The summed E-state index contributed by atoms with van der Waals surface area (Å²) in [7, 11) is 1.65. The molecule has 3 heteroatoms. The molecular formula is C14H19FO2. The van der Waals surface area contributed by atoms with Crippen LogP contribution in [0.4, 0.5) is 4.39 Å². The maximum atomic E-state index is 13.1. The van der Waals surface area contributed by atoms with Gasteiger partial charge in [-0.1, -0.05) is 25.0 Å². The third-order valence-electron chi connectivity index (χ3n) is 3.78. The molecule has 0 radical (unpaired) electrons. The van der Waals surface area contributed by atoms with Gasteiger partial charge in [0.1, 0.15) is 5.82 Å². The van der Waals surface area contributed by atoms with Crippen LogP contribution in [0.25, 0.3) is 0 Å². The normalized spacial score (nSPS) is 20.4. The lowest BCUT2D eigenvalue weighted by Gasteiger charge is -2.33. The van der Waals surface area contributed by atoms with Crippen molar-refractivity contribution in [1.29, 1.82) is 0 Å². The first-order chi connectivity index (χ1) is 8.16. The molecule has 0 amide bonds. The van der Waals surface area contributed by atoms with E-state index in [2.05, 4.69) is 0 Å². The number of hydrogen-bond acceptors (Lipinski definition) is 2. The van der Waals surface area contributed by atoms with Crippen molar-refractivity contribution in [1.82, 2.24) is 0 Å². The van der Waals surface area contributed by atoms with Gasteiger partial charge in [0.2, 0.25) is 0 Å². The highest BCUT2D eigenvalue weighted by atomic mass is 19.1. The second-order valence-corrected chi connectivity index (χ2v) is 4.83. The van der Waals surface area contributed by atoms with Gasteiger partial charge in [0.25, 0.3) is 0 Å². The summed E-state index contributed by atoms with van der Waals surface area (Å²) in [4.78, 5) is 0. The van der Waals surface area contributed by atoms with Gasteiger partial charge < -0.3 is 9.84 Å². The summed E-state index contributed by atoms with van der Waals surface area (Å²) in [5, 5.41) is 10.3. The predicted octanol–water partition coefficient (Wildman–Crippen LogP) is 2.69. The molecule has 0 saturated heterocycles. The zero-order chi connectivity index (χ0) is 12.3. The van der Waals surface area contributed by atoms with E-state index < -0.39 is 11.7 Å². The number of benzene rings is 1. The molecule has 0 spiro atoms. The minimum absolute atomic E-state index is 0.257. The highest BCUT2D eigenvalue weighted by molar-refractivity contribution is 5.18. The Hall–Kier alpha value is -0.930. The minimum Gasteiger partial charge on any atom is -0.390 e. The van der Waals surface area contributed by atoms with Crippen LogP contribution in [0.5, 0.6) is 0 Å². The van der Waals surface area contributed by atoms with Gasteiger partial charge in [-0.05, 0) is 30.5 Å². The number of ether oxygens (including phenoxy) is 1. The maximum absolute atomic E-state index is 13.1. The average molecular weight is 238 g/mol. The summed E-state index contributed by atoms with van der Waals surface area (Å²) >= 11 is 0. The molecule has 1 fully saturated rings. The summed E-state index contributed by atoms with van der Waals surface area (Å²) in [5.41, 5.74) is 0.396. The first kappa shape index (κ1) is 12.5. The van der Waals surface area contributed by atoms with Crippen molar-refractivity contribution >= 4 is 0 Å². The van der Waals surface area contributed by atoms with Crippen LogP contribution in [0, 0.1) is 5.82 Å². The molecule has 0 heterocycles. The van der Waals surface area contributed by atoms with Gasteiger partial charge in [-0.15, -0.1) is 0 Å². The highest BCUT2D eigenvalue weighted by Crippen LogP contribution is 2.36. The topological polar surface area (TPSA) is 29.5 Å². The van der Waals surface area contributed by atoms with E-state index in [-0.39, 0.29) is 5.82 Å². The quantitative estimate of drug-likeness (QED) is 0.874. The Morgan fingerprint density at radius 1 is 1.41 bits per heavy atom. The van der Waals surface area contributed by atoms with E-state index in [1.165, 1.54) is 12.1 Å². The van der Waals surface area contributed by atoms with Crippen molar-refractivity contribution in [3.8, 4) is 0 Å². The third-order valence-corrected chi connectivity index (χ3v) is 3.78. The Bertz CT molecular complexity index is 372. The molecule has 1 N–H and O–H groups in total. The van der Waals surface area contributed by atoms with E-state index in [1.54, 1.807) is 13.2 Å². The summed E-state index contributed by atoms with van der Waals surface area (Å²) in [5.74, 6) is -0.257. The standard InChI is InChI=1S/C14H19FO2/c1-17-14(7-2-3-8-14)13(16)10-11-5-4-6-12(15)9-11/h4-6,9,13,16H,2-3,7-8,10H2,1H3. The molecule has 0 aromatic heterocycles. The number of aliphatic hydroxyl groups excluding tert-OH is 1. The second kappa shape index (κ2) is 5.15. The van der Waals surface area contributed by atoms with E-state index >= 15 is 0 Å². The first-order valence-electron chi connectivity index (χ1n) is 6.14. The Labute approximate surface area is 101 Å². The highest BCUT2D eigenvalue weighted by Gasteiger charge is 2.40. The maximum Gasteiger partial charge on any atom is 0.123 e. The minimum atomic E-state index is -0.559. The van der Waals surface area contributed by atoms with E-state index in [9.17, 15) is 9.50 Å². The van der Waals surface area contributed by atoms with Crippen LogP contribution in [0.3, 0.4) is 0 Å². The van der Waals surface area contributed by atoms with Gasteiger partial charge in [0, 0.05) is 13.5 Å². The van der Waals surface area contributed by atoms with Gasteiger partial charge in [-0.2, -0.15) is 0 Å². The van der Waals surface area contributed by atoms with E-state index in [0.29, 0.717) is 6.42 Å². The van der Waals surface area contributed by atoms with Crippen LogP contribution in [-0.4, -0.2) is 23.9 Å². The number of halogens is 1. The third kappa shape index (κ3) is 2.67. The Morgan fingerprint density at radius 2 is 2.12 bits per heavy atom. The molecular weight excluding hydrogens is 219 g/mol. The molecule has 2 nitrogen and oxygen atoms in total. The Kier molecular flexibility index (Phi) is 3.79. The lowest BCUT2D eigenvalue weighted by Crippen LogP contribution is -2.42. The van der Waals surface area contributed by atoms with Crippen LogP contribution in [0.2, 0.25) is 0 Å². The van der Waals surface area contributed by atoms with Crippen molar-refractivity contribution in [2.75, 3.05) is 7.11 Å². The van der Waals surface area contributed by atoms with Crippen LogP contribution in [0.15, 0.2) is 24.3 Å². The van der Waals surface area contributed by atoms with Gasteiger partial charge in [-0.25, -0.2) is 4.39 Å². The van der Waals surface area contributed by atoms with Crippen LogP contribution in [0.1, 0.15) is 31.2 Å².